The molecule has 0 atom stereocenters. The SMILES string of the molecule is O=C(OCC(F)(F)F)c1ccccc1[S+]1c2ccccc2Oc2ccccc21. The molecule has 28 heavy (non-hydrogen) atoms. The van der Waals surface area contributed by atoms with Crippen LogP contribution in [0.4, 0.5) is 13.2 Å². The van der Waals surface area contributed by atoms with E-state index in [0.717, 1.165) is 9.79 Å². The molecule has 0 saturated carbocycles. The van der Waals surface area contributed by atoms with E-state index in [1.165, 1.54) is 6.07 Å². The van der Waals surface area contributed by atoms with Crippen LogP contribution in [-0.2, 0) is 15.6 Å². The van der Waals surface area contributed by atoms with E-state index in [4.69, 9.17) is 4.74 Å². The van der Waals surface area contributed by atoms with E-state index in [1.54, 1.807) is 18.2 Å². The monoisotopic (exact) mass is 403 g/mol. The van der Waals surface area contributed by atoms with E-state index in [2.05, 4.69) is 4.74 Å². The summed E-state index contributed by atoms with van der Waals surface area (Å²) in [4.78, 5) is 14.7. The highest BCUT2D eigenvalue weighted by Crippen LogP contribution is 2.47. The summed E-state index contributed by atoms with van der Waals surface area (Å²) in [5, 5.41) is 0. The Morgan fingerprint density at radius 1 is 0.821 bits per heavy atom. The predicted molar refractivity (Wildman–Crippen MR) is 97.9 cm³/mol. The summed E-state index contributed by atoms with van der Waals surface area (Å²) >= 11 is 0. The molecule has 0 radical (unpaired) electrons. The van der Waals surface area contributed by atoms with Crippen LogP contribution in [0.15, 0.2) is 87.5 Å². The maximum atomic E-state index is 12.5. The van der Waals surface area contributed by atoms with Gasteiger partial charge in [-0.25, -0.2) is 4.79 Å². The first kappa shape index (κ1) is 18.4. The molecule has 0 N–H and O–H groups in total. The van der Waals surface area contributed by atoms with E-state index >= 15 is 0 Å². The lowest BCUT2D eigenvalue weighted by molar-refractivity contribution is -0.161. The van der Waals surface area contributed by atoms with Gasteiger partial charge in [0.2, 0.25) is 9.79 Å². The maximum absolute atomic E-state index is 12.5. The molecule has 1 aliphatic heterocycles. The second-order valence-corrected chi connectivity index (χ2v) is 7.92. The molecule has 7 heteroatoms. The maximum Gasteiger partial charge on any atom is 0.422 e. The van der Waals surface area contributed by atoms with Gasteiger partial charge in [0.1, 0.15) is 16.5 Å². The Bertz CT molecular complexity index is 988. The van der Waals surface area contributed by atoms with E-state index in [1.807, 2.05) is 48.5 Å². The number of hydrogen-bond donors (Lipinski definition) is 0. The number of hydrogen-bond acceptors (Lipinski definition) is 3. The minimum Gasteiger partial charge on any atom is -0.452 e. The Balaban J connectivity index is 1.81. The fourth-order valence-electron chi connectivity index (χ4n) is 2.92. The van der Waals surface area contributed by atoms with Crippen molar-refractivity contribution in [1.29, 1.82) is 0 Å². The Morgan fingerprint density at radius 2 is 1.32 bits per heavy atom. The van der Waals surface area contributed by atoms with E-state index in [9.17, 15) is 18.0 Å². The summed E-state index contributed by atoms with van der Waals surface area (Å²) in [5.74, 6) is 0.313. The topological polar surface area (TPSA) is 35.5 Å². The zero-order valence-corrected chi connectivity index (χ0v) is 15.2. The number of rotatable bonds is 3. The van der Waals surface area contributed by atoms with Crippen LogP contribution in [0, 0.1) is 0 Å². The molecule has 4 rings (SSSR count). The van der Waals surface area contributed by atoms with Crippen LogP contribution < -0.4 is 4.74 Å². The fraction of sp³-hybridized carbons (Fsp3) is 0.0952. The van der Waals surface area contributed by atoms with Gasteiger partial charge in [-0.3, -0.25) is 0 Å². The molecule has 0 saturated heterocycles. The quantitative estimate of drug-likeness (QED) is 0.330. The van der Waals surface area contributed by atoms with Gasteiger partial charge in [-0.1, -0.05) is 36.4 Å². The molecule has 1 heterocycles. The van der Waals surface area contributed by atoms with Crippen molar-refractivity contribution in [2.45, 2.75) is 20.9 Å². The smallest absolute Gasteiger partial charge is 0.422 e. The highest BCUT2D eigenvalue weighted by atomic mass is 32.2. The molecule has 142 valence electrons. The Kier molecular flexibility index (Phi) is 4.77. The Morgan fingerprint density at radius 3 is 1.89 bits per heavy atom. The van der Waals surface area contributed by atoms with E-state index in [-0.39, 0.29) is 5.56 Å². The van der Waals surface area contributed by atoms with Crippen LogP contribution in [0.25, 0.3) is 0 Å². The summed E-state index contributed by atoms with van der Waals surface area (Å²) in [5.41, 5.74) is 0.113. The average Bonchev–Trinajstić information content (AvgIpc) is 2.69. The lowest BCUT2D eigenvalue weighted by Crippen LogP contribution is -2.22. The zero-order chi connectivity index (χ0) is 19.7. The molecule has 0 fully saturated rings. The second-order valence-electron chi connectivity index (χ2n) is 5.99. The molecular weight excluding hydrogens is 389 g/mol. The van der Waals surface area contributed by atoms with Crippen molar-refractivity contribution in [2.24, 2.45) is 0 Å². The van der Waals surface area contributed by atoms with Crippen LogP contribution >= 0.6 is 0 Å². The number of benzene rings is 3. The van der Waals surface area contributed by atoms with Crippen LogP contribution in [0.1, 0.15) is 10.4 Å². The van der Waals surface area contributed by atoms with E-state index < -0.39 is 29.6 Å². The number of alkyl halides is 3. The third-order valence-electron chi connectivity index (χ3n) is 4.05. The van der Waals surface area contributed by atoms with Gasteiger partial charge in [0, 0.05) is 0 Å². The van der Waals surface area contributed by atoms with Crippen molar-refractivity contribution < 1.29 is 27.4 Å². The van der Waals surface area contributed by atoms with Gasteiger partial charge < -0.3 is 9.47 Å². The number of fused-ring (bicyclic) bond motifs is 2. The molecule has 0 amide bonds. The molecule has 0 aromatic heterocycles. The van der Waals surface area contributed by atoms with Gasteiger partial charge in [0.15, 0.2) is 23.0 Å². The zero-order valence-electron chi connectivity index (χ0n) is 14.4. The van der Waals surface area contributed by atoms with Gasteiger partial charge in [-0.15, -0.1) is 0 Å². The predicted octanol–water partition coefficient (Wildman–Crippen LogP) is 5.61. The first-order chi connectivity index (χ1) is 13.4. The lowest BCUT2D eigenvalue weighted by Gasteiger charge is -2.20. The number of carbonyl (C=O) groups excluding carboxylic acids is 1. The molecule has 0 bridgehead atoms. The Hall–Kier alpha value is -2.93. The Labute approximate surface area is 162 Å². The second kappa shape index (κ2) is 7.24. The van der Waals surface area contributed by atoms with Gasteiger partial charge >= 0.3 is 12.1 Å². The molecule has 0 spiro atoms. The van der Waals surface area contributed by atoms with E-state index in [0.29, 0.717) is 16.4 Å². The number of para-hydroxylation sites is 2. The highest BCUT2D eigenvalue weighted by Gasteiger charge is 2.42. The van der Waals surface area contributed by atoms with Crippen molar-refractivity contribution in [3.63, 3.8) is 0 Å². The summed E-state index contributed by atoms with van der Waals surface area (Å²) < 4.78 is 47.9. The molecule has 3 aromatic carbocycles. The van der Waals surface area contributed by atoms with Crippen LogP contribution in [0.3, 0.4) is 0 Å². The first-order valence-electron chi connectivity index (χ1n) is 8.37. The standard InChI is InChI=1S/C21H14F3O3S/c22-21(23,24)13-26-20(25)14-7-1-4-10-17(14)28-18-11-5-2-8-15(18)27-16-9-3-6-12-19(16)28/h1-12H,13H2/q+1. The largest absolute Gasteiger partial charge is 0.452 e. The van der Waals surface area contributed by atoms with Crippen molar-refractivity contribution in [3.8, 4) is 11.5 Å². The number of halogens is 3. The summed E-state index contributed by atoms with van der Waals surface area (Å²) in [6.45, 7) is -1.62. The third kappa shape index (κ3) is 3.57. The summed E-state index contributed by atoms with van der Waals surface area (Å²) in [6.07, 6.45) is -4.58. The number of carbonyl (C=O) groups is 1. The highest BCUT2D eigenvalue weighted by molar-refractivity contribution is 7.97. The molecule has 0 unspecified atom stereocenters. The fourth-order valence-corrected chi connectivity index (χ4v) is 5.27. The normalized spacial score (nSPS) is 13.2. The van der Waals surface area contributed by atoms with Crippen LogP contribution in [0.2, 0.25) is 0 Å². The molecular formula is C21H14F3O3S+. The van der Waals surface area contributed by atoms with Gasteiger partial charge in [-0.2, -0.15) is 13.2 Å². The van der Waals surface area contributed by atoms with Gasteiger partial charge in [0.05, 0.1) is 0 Å². The van der Waals surface area contributed by atoms with Crippen molar-refractivity contribution in [3.05, 3.63) is 78.4 Å². The van der Waals surface area contributed by atoms with Gasteiger partial charge in [-0.05, 0) is 36.4 Å². The average molecular weight is 403 g/mol. The number of ether oxygens (including phenoxy) is 2. The minimum atomic E-state index is -4.58. The minimum absolute atomic E-state index is 0.113. The van der Waals surface area contributed by atoms with Crippen molar-refractivity contribution in [2.75, 3.05) is 6.61 Å². The van der Waals surface area contributed by atoms with Crippen LogP contribution in [0.5, 0.6) is 11.5 Å². The van der Waals surface area contributed by atoms with Crippen molar-refractivity contribution >= 4 is 16.9 Å². The summed E-state index contributed by atoms with van der Waals surface area (Å²) in [7, 11) is -0.722. The van der Waals surface area contributed by atoms with Gasteiger partial charge in [0.25, 0.3) is 0 Å². The third-order valence-corrected chi connectivity index (χ3v) is 6.40. The molecule has 1 aliphatic rings. The van der Waals surface area contributed by atoms with Crippen molar-refractivity contribution in [1.82, 2.24) is 0 Å². The summed E-state index contributed by atoms with van der Waals surface area (Å²) in [6, 6.07) is 21.5. The first-order valence-corrected chi connectivity index (χ1v) is 9.59. The molecule has 0 aliphatic carbocycles. The lowest BCUT2D eigenvalue weighted by atomic mass is 10.2. The van der Waals surface area contributed by atoms with Crippen LogP contribution in [-0.4, -0.2) is 18.8 Å². The number of esters is 1. The molecule has 3 aromatic rings. The molecule has 3 nitrogen and oxygen atoms in total.